The first-order chi connectivity index (χ1) is 45.5. The van der Waals surface area contributed by atoms with E-state index in [1.54, 1.807) is 79.1 Å². The van der Waals surface area contributed by atoms with Crippen LogP contribution in [-0.2, 0) is 85.8 Å². The monoisotopic (exact) mass is 1440 g/mol. The van der Waals surface area contributed by atoms with Crippen molar-refractivity contribution < 1.29 is 117 Å². The maximum atomic E-state index is 13.2. The van der Waals surface area contributed by atoms with Crippen molar-refractivity contribution in [2.24, 2.45) is 10.8 Å². The number of benzene rings is 7. The predicted octanol–water partition coefficient (Wildman–Crippen LogP) is 14.2. The molecule has 4 amide bonds. The minimum Gasteiger partial charge on any atom is -0.662 e. The number of nitrogens with two attached hydrogens (primary N) is 1. The molecule has 0 aliphatic rings. The zero-order valence-corrected chi connectivity index (χ0v) is 64.9. The first kappa shape index (κ1) is 86.3. The summed E-state index contributed by atoms with van der Waals surface area (Å²) in [5.74, 6) is 0. The molecule has 0 saturated carbocycles. The number of carbonyl (C=O) groups excluding carboxylic acids is 6. The fraction of sp³-hybridized carbons (Fsp3) is 0.342. The molecule has 7 rings (SSSR count). The Hall–Kier alpha value is -8.77. The molecule has 23 nitrogen and oxygen atoms in total. The van der Waals surface area contributed by atoms with Gasteiger partial charge in [-0.15, -0.1) is 0 Å². The van der Waals surface area contributed by atoms with Crippen LogP contribution in [0.15, 0.2) is 176 Å². The Bertz CT molecular complexity index is 3690. The SMILES string of the molecule is C[C@H](N(Cc1ccc(Nc2cccc(NC(=O)OC(C)(C)C)c2)c(N)c1)C(=O)OCc1ccccc1)C(C)(C)C.C[C@H](N(Cc1ccc(Nc2cccc(NC(=O)OC(C)(C)C)c2)c([N+](=O)[O-])c1)C(=O)OCc1ccccc1)C(C)(C)C.O=C(Cl)OCc1ccccc1.O=CO[O-].[Na+].[Zn]. The third-order valence-electron chi connectivity index (χ3n) is 14.2. The summed E-state index contributed by atoms with van der Waals surface area (Å²) in [7, 11) is 0. The number of nitro benzene ring substituents is 1. The first-order valence-corrected chi connectivity index (χ1v) is 31.3. The van der Waals surface area contributed by atoms with Gasteiger partial charge in [-0.05, 0) is 149 Å². The van der Waals surface area contributed by atoms with Gasteiger partial charge in [0, 0.05) is 85.1 Å². The number of nitrogen functional groups attached to an aromatic ring is 1. The van der Waals surface area contributed by atoms with Crippen LogP contribution in [0.25, 0.3) is 0 Å². The third kappa shape index (κ3) is 33.1. The summed E-state index contributed by atoms with van der Waals surface area (Å²) in [6.45, 7) is 28.0. The fourth-order valence-electron chi connectivity index (χ4n) is 8.63. The Kier molecular flexibility index (Phi) is 36.3. The smallest absolute Gasteiger partial charge is 0.662 e. The van der Waals surface area contributed by atoms with Crippen LogP contribution in [0.2, 0.25) is 0 Å². The Labute approximate surface area is 620 Å². The van der Waals surface area contributed by atoms with Crippen molar-refractivity contribution in [1.82, 2.24) is 9.80 Å². The third-order valence-corrected chi connectivity index (χ3v) is 14.3. The standard InChI is InChI=1S/C32H40N4O6.C32H42N4O4.C8H7ClO2.CH2O3.Na.Zn/c1-22(31(2,3)4)35(30(38)41-21-23-12-9-8-10-13-23)20-24-16-17-27(28(18-24)36(39)40)33-25-14-11-15-26(19-25)34-29(37)42-32(5,6)7;1-22(31(2,3)4)36(30(38)39-21-23-12-9-8-10-13-23)20-24-16-17-28(27(33)18-24)34-25-14-11-15-26(19-25)35-29(37)40-32(5,6)7;9-8(10)11-6-7-4-2-1-3-5-7;2-1-4-3;;/h8-19,22,33H,20-21H2,1-7H3,(H,34,37);8-19,22,34H,20-21,33H2,1-7H3,(H,35,37);1-5H,6H2;1,3H;;/q;;;;+1;/p-1/t2*22-;;;;/m00..../s1. The summed E-state index contributed by atoms with van der Waals surface area (Å²) in [4.78, 5) is 87.1. The van der Waals surface area contributed by atoms with Crippen molar-refractivity contribution in [3.8, 4) is 0 Å². The Morgan fingerprint density at radius 2 is 0.859 bits per heavy atom. The molecule has 6 N–H and O–H groups in total. The van der Waals surface area contributed by atoms with Crippen LogP contribution >= 0.6 is 11.6 Å². The molecule has 0 spiro atoms. The van der Waals surface area contributed by atoms with Crippen molar-refractivity contribution in [2.75, 3.05) is 27.0 Å². The number of nitro groups is 1. The summed E-state index contributed by atoms with van der Waals surface area (Å²) in [6, 6.07) is 52.6. The van der Waals surface area contributed by atoms with E-state index in [1.807, 2.05) is 177 Å². The van der Waals surface area contributed by atoms with E-state index in [-0.39, 0.29) is 122 Å². The van der Waals surface area contributed by atoms with Gasteiger partial charge in [0.2, 0.25) is 0 Å². The van der Waals surface area contributed by atoms with Gasteiger partial charge in [0.15, 0.2) is 0 Å². The summed E-state index contributed by atoms with van der Waals surface area (Å²) in [5.41, 5.74) is 11.9. The molecule has 2 atom stereocenters. The summed E-state index contributed by atoms with van der Waals surface area (Å²) >= 11 is 4.97. The second-order valence-corrected chi connectivity index (χ2v) is 26.6. The molecule has 99 heavy (non-hydrogen) atoms. The van der Waals surface area contributed by atoms with E-state index in [0.717, 1.165) is 27.9 Å². The van der Waals surface area contributed by atoms with E-state index in [4.69, 9.17) is 46.3 Å². The van der Waals surface area contributed by atoms with Crippen molar-refractivity contribution in [3.05, 3.63) is 214 Å². The molecule has 0 heterocycles. The number of ether oxygens (including phenoxy) is 5. The molecule has 522 valence electrons. The molecule has 0 fully saturated rings. The van der Waals surface area contributed by atoms with E-state index in [0.29, 0.717) is 40.5 Å². The van der Waals surface area contributed by atoms with E-state index < -0.39 is 39.8 Å². The number of rotatable bonds is 20. The molecule has 0 aliphatic carbocycles. The largest absolute Gasteiger partial charge is 1.00 e. The number of carbonyl (C=O) groups is 6. The Balaban J connectivity index is 0.000000547. The van der Waals surface area contributed by atoms with E-state index >= 15 is 0 Å². The number of halogens is 1. The van der Waals surface area contributed by atoms with E-state index in [9.17, 15) is 34.1 Å². The average Bonchev–Trinajstić information content (AvgIpc) is 0.824. The molecule has 0 bridgehead atoms. The summed E-state index contributed by atoms with van der Waals surface area (Å²) in [6.07, 6.45) is -2.00. The molecule has 7 aromatic carbocycles. The Morgan fingerprint density at radius 1 is 0.515 bits per heavy atom. The van der Waals surface area contributed by atoms with Gasteiger partial charge < -0.3 is 60.0 Å². The van der Waals surface area contributed by atoms with Gasteiger partial charge in [0.1, 0.15) is 36.7 Å². The number of hydrogen-bond donors (Lipinski definition) is 5. The molecular weight excluding hydrogens is 1350 g/mol. The molecule has 0 aliphatic heterocycles. The molecule has 26 heteroatoms. The first-order valence-electron chi connectivity index (χ1n) is 31.0. The van der Waals surface area contributed by atoms with Crippen LogP contribution in [0.4, 0.5) is 69.5 Å². The van der Waals surface area contributed by atoms with Crippen LogP contribution in [-0.4, -0.2) is 74.3 Å². The molecule has 0 radical (unpaired) electrons. The number of amides is 4. The summed E-state index contributed by atoms with van der Waals surface area (Å²) < 4.78 is 26.5. The molecule has 7 aromatic rings. The maximum absolute atomic E-state index is 13.2. The fourth-order valence-corrected chi connectivity index (χ4v) is 8.68. The average molecular weight is 1440 g/mol. The molecule has 0 saturated heterocycles. The number of nitrogens with one attached hydrogen (secondary N) is 4. The molecule has 0 aromatic heterocycles. The molecular formula is C73H90ClN8NaO15Zn. The number of nitrogens with zero attached hydrogens (tertiary/aromatic N) is 3. The van der Waals surface area contributed by atoms with Crippen molar-refractivity contribution in [2.45, 2.75) is 153 Å². The zero-order valence-electron chi connectivity index (χ0n) is 59.1. The minimum absolute atomic E-state index is 0. The van der Waals surface area contributed by atoms with Gasteiger partial charge in [0.25, 0.3) is 12.2 Å². The second kappa shape index (κ2) is 41.6. The van der Waals surface area contributed by atoms with Gasteiger partial charge >= 0.3 is 59.4 Å². The maximum Gasteiger partial charge on any atom is 1.00 e. The van der Waals surface area contributed by atoms with Crippen LogP contribution < -0.4 is 61.8 Å². The summed E-state index contributed by atoms with van der Waals surface area (Å²) in [5, 5.41) is 32.3. The van der Waals surface area contributed by atoms with Crippen LogP contribution in [0.3, 0.4) is 0 Å². The zero-order chi connectivity index (χ0) is 72.1. The van der Waals surface area contributed by atoms with Crippen molar-refractivity contribution in [3.63, 3.8) is 0 Å². The predicted molar refractivity (Wildman–Crippen MR) is 375 cm³/mol. The van der Waals surface area contributed by atoms with Crippen molar-refractivity contribution >= 4 is 93.4 Å². The Morgan fingerprint density at radius 3 is 1.19 bits per heavy atom. The van der Waals surface area contributed by atoms with Crippen LogP contribution in [0.5, 0.6) is 0 Å². The normalized spacial score (nSPS) is 11.4. The second-order valence-electron chi connectivity index (χ2n) is 26.3. The van der Waals surface area contributed by atoms with E-state index in [2.05, 4.69) is 51.7 Å². The number of hydrogen-bond acceptors (Lipinski definition) is 18. The van der Waals surface area contributed by atoms with Gasteiger partial charge in [0.05, 0.1) is 16.3 Å². The number of anilines is 7. The topological polar surface area (TPSA) is 305 Å². The minimum atomic E-state index is -0.770. The van der Waals surface area contributed by atoms with Gasteiger partial charge in [-0.2, -0.15) is 0 Å². The van der Waals surface area contributed by atoms with Crippen LogP contribution in [0.1, 0.15) is 125 Å². The van der Waals surface area contributed by atoms with Crippen LogP contribution in [0, 0.1) is 20.9 Å². The van der Waals surface area contributed by atoms with Crippen molar-refractivity contribution in [1.29, 1.82) is 0 Å². The van der Waals surface area contributed by atoms with Gasteiger partial charge in [-0.1, -0.05) is 157 Å². The molecule has 0 unspecified atom stereocenters. The van der Waals surface area contributed by atoms with Gasteiger partial charge in [-0.25, -0.2) is 24.0 Å². The van der Waals surface area contributed by atoms with Gasteiger partial charge in [-0.3, -0.25) is 25.5 Å². The quantitative estimate of drug-likeness (QED) is 0.00692. The van der Waals surface area contributed by atoms with E-state index in [1.165, 1.54) is 6.07 Å².